The Morgan fingerprint density at radius 1 is 1.22 bits per heavy atom. The van der Waals surface area contributed by atoms with Gasteiger partial charge in [-0.05, 0) is 18.4 Å². The van der Waals surface area contributed by atoms with Crippen molar-refractivity contribution in [3.8, 4) is 0 Å². The van der Waals surface area contributed by atoms with Gasteiger partial charge in [-0.2, -0.15) is 0 Å². The lowest BCUT2D eigenvalue weighted by Gasteiger charge is -2.19. The highest BCUT2D eigenvalue weighted by Gasteiger charge is 2.37. The van der Waals surface area contributed by atoms with Crippen LogP contribution in [0.5, 0.6) is 0 Å². The van der Waals surface area contributed by atoms with Crippen LogP contribution in [0.1, 0.15) is 30.9 Å². The van der Waals surface area contributed by atoms with E-state index in [0.717, 1.165) is 25.9 Å². The van der Waals surface area contributed by atoms with E-state index < -0.39 is 0 Å². The van der Waals surface area contributed by atoms with Crippen molar-refractivity contribution in [3.05, 3.63) is 35.9 Å². The molecule has 0 saturated carbocycles. The number of benzene rings is 1. The summed E-state index contributed by atoms with van der Waals surface area (Å²) < 4.78 is 17.3. The molecule has 18 heavy (non-hydrogen) atoms. The minimum atomic E-state index is -0.210. The summed E-state index contributed by atoms with van der Waals surface area (Å²) in [5.74, 6) is 0. The molecule has 98 valence electrons. The number of alkyl halides is 1. The van der Waals surface area contributed by atoms with E-state index in [1.807, 2.05) is 18.2 Å². The summed E-state index contributed by atoms with van der Waals surface area (Å²) >= 11 is 3.64. The minimum absolute atomic E-state index is 0.0930. The number of rotatable bonds is 3. The smallest absolute Gasteiger partial charge is 0.174 e. The maximum atomic E-state index is 5.97. The van der Waals surface area contributed by atoms with E-state index in [1.165, 1.54) is 5.56 Å². The van der Waals surface area contributed by atoms with Gasteiger partial charge in [0.25, 0.3) is 0 Å². The van der Waals surface area contributed by atoms with Crippen molar-refractivity contribution in [3.63, 3.8) is 0 Å². The Kier molecular flexibility index (Phi) is 3.99. The highest BCUT2D eigenvalue weighted by molar-refractivity contribution is 9.09. The summed E-state index contributed by atoms with van der Waals surface area (Å²) in [6, 6.07) is 10.3. The van der Waals surface area contributed by atoms with E-state index in [0.29, 0.717) is 0 Å². The van der Waals surface area contributed by atoms with Crippen molar-refractivity contribution in [1.29, 1.82) is 0 Å². The topological polar surface area (TPSA) is 27.7 Å². The normalized spacial score (nSPS) is 36.1. The van der Waals surface area contributed by atoms with Gasteiger partial charge in [0.15, 0.2) is 12.6 Å². The summed E-state index contributed by atoms with van der Waals surface area (Å²) in [5.41, 5.74) is 1.21. The molecule has 0 aromatic heterocycles. The molecule has 0 amide bonds. The van der Waals surface area contributed by atoms with Crippen molar-refractivity contribution in [1.82, 2.24) is 0 Å². The summed E-state index contributed by atoms with van der Waals surface area (Å²) in [5, 5.41) is 0. The largest absolute Gasteiger partial charge is 0.353 e. The second-order valence-electron chi connectivity index (χ2n) is 4.73. The molecule has 2 heterocycles. The van der Waals surface area contributed by atoms with Gasteiger partial charge >= 0.3 is 0 Å². The Hall–Kier alpha value is -0.420. The Labute approximate surface area is 116 Å². The van der Waals surface area contributed by atoms with E-state index in [4.69, 9.17) is 14.2 Å². The fourth-order valence-corrected chi connectivity index (χ4v) is 3.01. The quantitative estimate of drug-likeness (QED) is 0.801. The van der Waals surface area contributed by atoms with Crippen LogP contribution in [0.4, 0.5) is 0 Å². The maximum Gasteiger partial charge on any atom is 0.174 e. The lowest BCUT2D eigenvalue weighted by molar-refractivity contribution is -0.222. The van der Waals surface area contributed by atoms with Gasteiger partial charge in [-0.1, -0.05) is 46.3 Å². The van der Waals surface area contributed by atoms with E-state index in [9.17, 15) is 0 Å². The van der Waals surface area contributed by atoms with Crippen LogP contribution in [0.25, 0.3) is 0 Å². The van der Waals surface area contributed by atoms with E-state index in [2.05, 4.69) is 28.1 Å². The van der Waals surface area contributed by atoms with Crippen LogP contribution in [0.3, 0.4) is 0 Å². The van der Waals surface area contributed by atoms with Gasteiger partial charge in [0.1, 0.15) is 0 Å². The lowest BCUT2D eigenvalue weighted by atomic mass is 10.1. The van der Waals surface area contributed by atoms with Gasteiger partial charge in [0.2, 0.25) is 0 Å². The molecule has 1 aromatic carbocycles. The Balaban J connectivity index is 1.61. The first-order valence-corrected chi connectivity index (χ1v) is 7.36. The predicted molar refractivity (Wildman–Crippen MR) is 71.4 cm³/mol. The highest BCUT2D eigenvalue weighted by atomic mass is 79.9. The zero-order valence-electron chi connectivity index (χ0n) is 10.1. The van der Waals surface area contributed by atoms with Crippen molar-refractivity contribution in [2.24, 2.45) is 0 Å². The first-order chi connectivity index (χ1) is 8.83. The van der Waals surface area contributed by atoms with E-state index in [-0.39, 0.29) is 23.5 Å². The van der Waals surface area contributed by atoms with Gasteiger partial charge in [0.05, 0.1) is 10.9 Å². The summed E-state index contributed by atoms with van der Waals surface area (Å²) in [7, 11) is 0. The van der Waals surface area contributed by atoms with Gasteiger partial charge in [-0.3, -0.25) is 0 Å². The number of ether oxygens (including phenoxy) is 3. The standard InChI is InChI=1S/C14H17BrO3/c15-11-9-12(10-5-2-1-3-6-10)17-14(11)18-13-7-4-8-16-13/h1-3,5-6,11-14H,4,7-9H2/t11-,12+,13?,14+/m0/s1. The number of hydrogen-bond donors (Lipinski definition) is 0. The van der Waals surface area contributed by atoms with E-state index >= 15 is 0 Å². The third kappa shape index (κ3) is 2.77. The third-order valence-electron chi connectivity index (χ3n) is 3.38. The molecule has 2 saturated heterocycles. The van der Waals surface area contributed by atoms with Crippen LogP contribution in [-0.4, -0.2) is 24.0 Å². The number of hydrogen-bond acceptors (Lipinski definition) is 3. The molecule has 0 spiro atoms. The summed E-state index contributed by atoms with van der Waals surface area (Å²) in [6.45, 7) is 0.798. The lowest BCUT2D eigenvalue weighted by Crippen LogP contribution is -2.26. The van der Waals surface area contributed by atoms with Crippen LogP contribution in [0.2, 0.25) is 0 Å². The average Bonchev–Trinajstić information content (AvgIpc) is 3.02. The minimum Gasteiger partial charge on any atom is -0.353 e. The number of halogens is 1. The molecule has 2 aliphatic heterocycles. The van der Waals surface area contributed by atoms with Crippen molar-refractivity contribution in [2.75, 3.05) is 6.61 Å². The van der Waals surface area contributed by atoms with E-state index in [1.54, 1.807) is 0 Å². The van der Waals surface area contributed by atoms with Gasteiger partial charge in [0, 0.05) is 13.0 Å². The van der Waals surface area contributed by atoms with Crippen LogP contribution in [0, 0.1) is 0 Å². The molecular weight excluding hydrogens is 296 g/mol. The van der Waals surface area contributed by atoms with Crippen molar-refractivity contribution < 1.29 is 14.2 Å². The Morgan fingerprint density at radius 2 is 2.06 bits per heavy atom. The molecule has 2 aliphatic rings. The molecule has 3 rings (SSSR count). The zero-order chi connectivity index (χ0) is 12.4. The molecular formula is C14H17BrO3. The third-order valence-corrected chi connectivity index (χ3v) is 4.18. The summed E-state index contributed by atoms with van der Waals surface area (Å²) in [6.07, 6.45) is 2.79. The molecule has 4 atom stereocenters. The van der Waals surface area contributed by atoms with Crippen LogP contribution < -0.4 is 0 Å². The van der Waals surface area contributed by atoms with Gasteiger partial charge in [-0.25, -0.2) is 0 Å². The molecule has 0 aliphatic carbocycles. The molecule has 0 bridgehead atoms. The SMILES string of the molecule is Br[C@H]1C[C@H](c2ccccc2)O[C@@H]1OC1CCCO1. The van der Waals surface area contributed by atoms with Crippen LogP contribution in [0.15, 0.2) is 30.3 Å². The molecule has 0 radical (unpaired) electrons. The molecule has 1 unspecified atom stereocenters. The van der Waals surface area contributed by atoms with Gasteiger partial charge in [-0.15, -0.1) is 0 Å². The van der Waals surface area contributed by atoms with Crippen LogP contribution >= 0.6 is 15.9 Å². The van der Waals surface area contributed by atoms with Gasteiger partial charge < -0.3 is 14.2 Å². The summed E-state index contributed by atoms with van der Waals surface area (Å²) in [4.78, 5) is 0.229. The van der Waals surface area contributed by atoms with Crippen molar-refractivity contribution in [2.45, 2.75) is 42.8 Å². The first kappa shape index (κ1) is 12.6. The Morgan fingerprint density at radius 3 is 2.78 bits per heavy atom. The van der Waals surface area contributed by atoms with Crippen LogP contribution in [-0.2, 0) is 14.2 Å². The second-order valence-corrected chi connectivity index (χ2v) is 5.91. The maximum absolute atomic E-state index is 5.97. The molecule has 1 aromatic rings. The monoisotopic (exact) mass is 312 g/mol. The van der Waals surface area contributed by atoms with Crippen molar-refractivity contribution >= 4 is 15.9 Å². The molecule has 0 N–H and O–H groups in total. The first-order valence-electron chi connectivity index (χ1n) is 6.44. The second kappa shape index (κ2) is 5.70. The molecule has 4 heteroatoms. The predicted octanol–water partition coefficient (Wildman–Crippen LogP) is 3.39. The fourth-order valence-electron chi connectivity index (χ4n) is 2.42. The average molecular weight is 313 g/mol. The highest BCUT2D eigenvalue weighted by Crippen LogP contribution is 2.38. The molecule has 3 nitrogen and oxygen atoms in total. The Bertz CT molecular complexity index is 378. The molecule has 2 fully saturated rings. The fraction of sp³-hybridized carbons (Fsp3) is 0.571. The zero-order valence-corrected chi connectivity index (χ0v) is 11.7.